The van der Waals surface area contributed by atoms with Crippen LogP contribution in [-0.4, -0.2) is 33.4 Å². The molecule has 0 saturated heterocycles. The quantitative estimate of drug-likeness (QED) is 0.608. The van der Waals surface area contributed by atoms with E-state index in [2.05, 4.69) is 10.3 Å². The summed E-state index contributed by atoms with van der Waals surface area (Å²) in [6, 6.07) is 11.2. The van der Waals surface area contributed by atoms with E-state index in [0.29, 0.717) is 24.3 Å². The van der Waals surface area contributed by atoms with Crippen LogP contribution < -0.4 is 10.1 Å². The highest BCUT2D eigenvalue weighted by atomic mass is 19.4. The molecule has 0 unspecified atom stereocenters. The number of fused-ring (bicyclic) bond motifs is 1. The van der Waals surface area contributed by atoms with Crippen molar-refractivity contribution in [3.05, 3.63) is 53.3 Å². The highest BCUT2D eigenvalue weighted by Crippen LogP contribution is 2.36. The molecule has 0 bridgehead atoms. The number of carboxylic acids is 1. The number of nitrogens with zero attached hydrogens (tertiary/aromatic N) is 2. The Bertz CT molecular complexity index is 1030. The summed E-state index contributed by atoms with van der Waals surface area (Å²) in [4.78, 5) is 16.2. The van der Waals surface area contributed by atoms with Gasteiger partial charge in [-0.05, 0) is 18.1 Å². The summed E-state index contributed by atoms with van der Waals surface area (Å²) in [5.41, 5.74) is 2.18. The fourth-order valence-electron chi connectivity index (χ4n) is 3.11. The molecule has 3 rings (SSSR count). The number of halogens is 3. The molecule has 29 heavy (non-hydrogen) atoms. The molecule has 0 saturated carbocycles. The number of ether oxygens (including phenoxy) is 1. The molecule has 0 atom stereocenters. The fourth-order valence-corrected chi connectivity index (χ4v) is 3.11. The number of carboxylic acid groups (broad SMARTS) is 1. The summed E-state index contributed by atoms with van der Waals surface area (Å²) >= 11 is 0. The van der Waals surface area contributed by atoms with E-state index < -0.39 is 18.8 Å². The lowest BCUT2D eigenvalue weighted by Crippen LogP contribution is -2.20. The topological polar surface area (TPSA) is 76.4 Å². The SMILES string of the molecule is CCc1nc2c(cc1NCc1ccccc1)c(OCC(F)(F)F)c(C(=O)O)n2C. The summed E-state index contributed by atoms with van der Waals surface area (Å²) in [6.07, 6.45) is -4.04. The summed E-state index contributed by atoms with van der Waals surface area (Å²) in [5.74, 6) is -1.73. The molecule has 6 nitrogen and oxygen atoms in total. The number of benzene rings is 1. The Labute approximate surface area is 164 Å². The number of alkyl halides is 3. The number of anilines is 1. The number of aryl methyl sites for hydroxylation is 2. The summed E-state index contributed by atoms with van der Waals surface area (Å²) in [6.45, 7) is 0.789. The second-order valence-corrected chi connectivity index (χ2v) is 6.49. The number of carbonyl (C=O) groups is 1. The van der Waals surface area contributed by atoms with Crippen LogP contribution in [0.2, 0.25) is 0 Å². The molecule has 0 aliphatic carbocycles. The first-order valence-corrected chi connectivity index (χ1v) is 8.94. The van der Waals surface area contributed by atoms with E-state index in [9.17, 15) is 23.1 Å². The minimum Gasteiger partial charge on any atom is -0.481 e. The zero-order valence-corrected chi connectivity index (χ0v) is 15.9. The minimum absolute atomic E-state index is 0.210. The van der Waals surface area contributed by atoms with Gasteiger partial charge in [-0.15, -0.1) is 0 Å². The Kier molecular flexibility index (Phi) is 5.67. The van der Waals surface area contributed by atoms with Gasteiger partial charge in [0.05, 0.1) is 16.8 Å². The second-order valence-electron chi connectivity index (χ2n) is 6.49. The molecule has 2 aromatic heterocycles. The van der Waals surface area contributed by atoms with Gasteiger partial charge in [0.2, 0.25) is 0 Å². The maximum absolute atomic E-state index is 12.7. The van der Waals surface area contributed by atoms with Crippen LogP contribution in [0.4, 0.5) is 18.9 Å². The monoisotopic (exact) mass is 407 g/mol. The molecule has 9 heteroatoms. The van der Waals surface area contributed by atoms with Crippen LogP contribution in [0.3, 0.4) is 0 Å². The number of nitrogens with one attached hydrogen (secondary N) is 1. The van der Waals surface area contributed by atoms with Crippen molar-refractivity contribution < 1.29 is 27.8 Å². The van der Waals surface area contributed by atoms with Crippen LogP contribution in [0.5, 0.6) is 5.75 Å². The third-order valence-electron chi connectivity index (χ3n) is 4.44. The van der Waals surface area contributed by atoms with E-state index in [1.165, 1.54) is 11.6 Å². The first-order valence-electron chi connectivity index (χ1n) is 8.94. The summed E-state index contributed by atoms with van der Waals surface area (Å²) in [5, 5.41) is 12.9. The van der Waals surface area contributed by atoms with Crippen LogP contribution in [0.15, 0.2) is 36.4 Å². The van der Waals surface area contributed by atoms with Crippen molar-refractivity contribution in [3.8, 4) is 5.75 Å². The van der Waals surface area contributed by atoms with Crippen LogP contribution in [0, 0.1) is 0 Å². The lowest BCUT2D eigenvalue weighted by atomic mass is 10.1. The maximum Gasteiger partial charge on any atom is 0.422 e. The van der Waals surface area contributed by atoms with E-state index in [4.69, 9.17) is 4.74 Å². The highest BCUT2D eigenvalue weighted by molar-refractivity contribution is 6.00. The third kappa shape index (κ3) is 4.44. The zero-order chi connectivity index (χ0) is 21.2. The third-order valence-corrected chi connectivity index (χ3v) is 4.44. The second kappa shape index (κ2) is 8.02. The number of hydrogen-bond donors (Lipinski definition) is 2. The van der Waals surface area contributed by atoms with E-state index in [1.807, 2.05) is 37.3 Å². The summed E-state index contributed by atoms with van der Waals surface area (Å²) < 4.78 is 44.2. The fraction of sp³-hybridized carbons (Fsp3) is 0.300. The predicted molar refractivity (Wildman–Crippen MR) is 102 cm³/mol. The van der Waals surface area contributed by atoms with Gasteiger partial charge in [-0.25, -0.2) is 9.78 Å². The van der Waals surface area contributed by atoms with Crippen molar-refractivity contribution in [2.24, 2.45) is 7.05 Å². The van der Waals surface area contributed by atoms with Gasteiger partial charge in [0.1, 0.15) is 5.65 Å². The Morgan fingerprint density at radius 1 is 1.28 bits per heavy atom. The number of hydrogen-bond acceptors (Lipinski definition) is 4. The van der Waals surface area contributed by atoms with Gasteiger partial charge >= 0.3 is 12.1 Å². The van der Waals surface area contributed by atoms with Crippen molar-refractivity contribution in [1.29, 1.82) is 0 Å². The molecule has 1 aromatic carbocycles. The van der Waals surface area contributed by atoms with Gasteiger partial charge in [0.25, 0.3) is 0 Å². The smallest absolute Gasteiger partial charge is 0.422 e. The number of pyridine rings is 1. The highest BCUT2D eigenvalue weighted by Gasteiger charge is 2.32. The molecule has 0 spiro atoms. The van der Waals surface area contributed by atoms with Gasteiger partial charge in [-0.3, -0.25) is 0 Å². The Balaban J connectivity index is 2.07. The Hall–Kier alpha value is -3.23. The first kappa shape index (κ1) is 20.5. The molecular formula is C20H20F3N3O3. The van der Waals surface area contributed by atoms with Gasteiger partial charge in [0.15, 0.2) is 18.1 Å². The molecule has 2 heterocycles. The standard InChI is InChI=1S/C20H20F3N3O3/c1-3-14-15(24-10-12-7-5-4-6-8-12)9-13-17(29-11-20(21,22)23)16(19(27)28)26(2)18(13)25-14/h4-9,24H,3,10-11H2,1-2H3,(H,27,28). The Morgan fingerprint density at radius 2 is 1.97 bits per heavy atom. The molecule has 0 amide bonds. The summed E-state index contributed by atoms with van der Waals surface area (Å²) in [7, 11) is 1.44. The van der Waals surface area contributed by atoms with Crippen LogP contribution in [-0.2, 0) is 20.0 Å². The van der Waals surface area contributed by atoms with Crippen LogP contribution in [0.1, 0.15) is 28.7 Å². The van der Waals surface area contributed by atoms with Gasteiger partial charge in [-0.2, -0.15) is 13.2 Å². The number of aromatic carboxylic acids is 1. The zero-order valence-electron chi connectivity index (χ0n) is 15.9. The maximum atomic E-state index is 12.7. The van der Waals surface area contributed by atoms with E-state index in [1.54, 1.807) is 6.07 Å². The van der Waals surface area contributed by atoms with Crippen LogP contribution in [0.25, 0.3) is 11.0 Å². The normalized spacial score (nSPS) is 11.6. The van der Waals surface area contributed by atoms with Gasteiger partial charge in [0, 0.05) is 13.6 Å². The number of aromatic nitrogens is 2. The van der Waals surface area contributed by atoms with Crippen molar-refractivity contribution in [3.63, 3.8) is 0 Å². The van der Waals surface area contributed by atoms with Crippen molar-refractivity contribution in [2.45, 2.75) is 26.1 Å². The van der Waals surface area contributed by atoms with E-state index >= 15 is 0 Å². The lowest BCUT2D eigenvalue weighted by Gasteiger charge is -2.12. The lowest BCUT2D eigenvalue weighted by molar-refractivity contribution is -0.153. The van der Waals surface area contributed by atoms with Crippen LogP contribution >= 0.6 is 0 Å². The van der Waals surface area contributed by atoms with Crippen molar-refractivity contribution in [1.82, 2.24) is 9.55 Å². The molecule has 0 fully saturated rings. The largest absolute Gasteiger partial charge is 0.481 e. The Morgan fingerprint density at radius 3 is 2.55 bits per heavy atom. The van der Waals surface area contributed by atoms with Crippen molar-refractivity contribution >= 4 is 22.7 Å². The van der Waals surface area contributed by atoms with E-state index in [0.717, 1.165) is 5.56 Å². The number of rotatable bonds is 7. The average molecular weight is 407 g/mol. The van der Waals surface area contributed by atoms with E-state index in [-0.39, 0.29) is 22.5 Å². The molecular weight excluding hydrogens is 387 g/mol. The molecule has 2 N–H and O–H groups in total. The molecule has 154 valence electrons. The predicted octanol–water partition coefficient (Wildman–Crippen LogP) is 4.39. The molecule has 0 aliphatic heterocycles. The molecule has 0 radical (unpaired) electrons. The molecule has 0 aliphatic rings. The average Bonchev–Trinajstić information content (AvgIpc) is 2.95. The minimum atomic E-state index is -4.59. The molecule has 3 aromatic rings. The van der Waals surface area contributed by atoms with Crippen molar-refractivity contribution in [2.75, 3.05) is 11.9 Å². The van der Waals surface area contributed by atoms with Gasteiger partial charge < -0.3 is 19.7 Å². The first-order chi connectivity index (χ1) is 13.7. The van der Waals surface area contributed by atoms with Gasteiger partial charge in [-0.1, -0.05) is 37.3 Å².